The number of ether oxygens (including phenoxy) is 1. The van der Waals surface area contributed by atoms with Gasteiger partial charge < -0.3 is 10.1 Å². The Morgan fingerprint density at radius 3 is 2.93 bits per heavy atom. The van der Waals surface area contributed by atoms with Gasteiger partial charge in [-0.25, -0.2) is 0 Å². The first-order valence-corrected chi connectivity index (χ1v) is 4.97. The summed E-state index contributed by atoms with van der Waals surface area (Å²) in [4.78, 5) is 0. The summed E-state index contributed by atoms with van der Waals surface area (Å²) in [7, 11) is 3.55. The third kappa shape index (κ3) is 2.73. The Balaban J connectivity index is 2.57. The quantitative estimate of drug-likeness (QED) is 0.773. The number of nitrogens with zero attached hydrogens (tertiary/aromatic N) is 2. The summed E-state index contributed by atoms with van der Waals surface area (Å²) in [5.74, 6) is 0.711. The van der Waals surface area contributed by atoms with Crippen molar-refractivity contribution in [3.63, 3.8) is 0 Å². The molecular weight excluding hydrogens is 178 g/mol. The summed E-state index contributed by atoms with van der Waals surface area (Å²) in [5.41, 5.74) is 1.11. The molecule has 0 aliphatic rings. The molecule has 0 aromatic carbocycles. The van der Waals surface area contributed by atoms with E-state index in [2.05, 4.69) is 24.3 Å². The van der Waals surface area contributed by atoms with E-state index < -0.39 is 0 Å². The van der Waals surface area contributed by atoms with Crippen LogP contribution in [0.2, 0.25) is 0 Å². The monoisotopic (exact) mass is 197 g/mol. The first kappa shape index (κ1) is 11.0. The number of hydrogen-bond donors (Lipinski definition) is 1. The number of aryl methyl sites for hydroxylation is 1. The van der Waals surface area contributed by atoms with Gasteiger partial charge in [0.05, 0.1) is 7.11 Å². The molecule has 1 rings (SSSR count). The SMILES string of the molecule is CCC(C)NCc1cn(C)nc1OC. The van der Waals surface area contributed by atoms with Gasteiger partial charge in [-0.3, -0.25) is 4.68 Å². The van der Waals surface area contributed by atoms with Crippen molar-refractivity contribution in [2.75, 3.05) is 7.11 Å². The molecule has 1 N–H and O–H groups in total. The second-order valence-electron chi connectivity index (χ2n) is 3.53. The van der Waals surface area contributed by atoms with E-state index >= 15 is 0 Å². The maximum absolute atomic E-state index is 5.16. The van der Waals surface area contributed by atoms with Crippen LogP contribution in [0.25, 0.3) is 0 Å². The van der Waals surface area contributed by atoms with E-state index in [0.717, 1.165) is 18.5 Å². The van der Waals surface area contributed by atoms with Crippen LogP contribution in [0, 0.1) is 0 Å². The van der Waals surface area contributed by atoms with Crippen molar-refractivity contribution in [3.8, 4) is 5.88 Å². The lowest BCUT2D eigenvalue weighted by Gasteiger charge is -2.10. The zero-order valence-electron chi connectivity index (χ0n) is 9.37. The van der Waals surface area contributed by atoms with Gasteiger partial charge in [-0.2, -0.15) is 0 Å². The van der Waals surface area contributed by atoms with Gasteiger partial charge in [0.1, 0.15) is 0 Å². The van der Waals surface area contributed by atoms with Crippen LogP contribution in [0.4, 0.5) is 0 Å². The predicted molar refractivity (Wildman–Crippen MR) is 56.4 cm³/mol. The summed E-state index contributed by atoms with van der Waals surface area (Å²) in [6.07, 6.45) is 3.11. The van der Waals surface area contributed by atoms with E-state index in [0.29, 0.717) is 11.9 Å². The van der Waals surface area contributed by atoms with Gasteiger partial charge in [0.25, 0.3) is 0 Å². The van der Waals surface area contributed by atoms with Crippen molar-refractivity contribution in [1.29, 1.82) is 0 Å². The summed E-state index contributed by atoms with van der Waals surface area (Å²) >= 11 is 0. The summed E-state index contributed by atoms with van der Waals surface area (Å²) < 4.78 is 6.93. The van der Waals surface area contributed by atoms with Gasteiger partial charge >= 0.3 is 0 Å². The summed E-state index contributed by atoms with van der Waals surface area (Å²) in [6.45, 7) is 5.15. The average Bonchev–Trinajstić information content (AvgIpc) is 2.55. The van der Waals surface area contributed by atoms with E-state index in [1.54, 1.807) is 11.8 Å². The Bertz CT molecular complexity index is 283. The lowest BCUT2D eigenvalue weighted by atomic mass is 10.2. The molecule has 0 amide bonds. The zero-order chi connectivity index (χ0) is 10.6. The van der Waals surface area contributed by atoms with Crippen LogP contribution in [-0.2, 0) is 13.6 Å². The number of methoxy groups -OCH3 is 1. The fourth-order valence-corrected chi connectivity index (χ4v) is 1.24. The Morgan fingerprint density at radius 1 is 1.64 bits per heavy atom. The minimum Gasteiger partial charge on any atom is -0.480 e. The third-order valence-corrected chi connectivity index (χ3v) is 2.31. The third-order valence-electron chi connectivity index (χ3n) is 2.31. The number of aromatic nitrogens is 2. The van der Waals surface area contributed by atoms with Crippen molar-refractivity contribution in [1.82, 2.24) is 15.1 Å². The standard InChI is InChI=1S/C10H19N3O/c1-5-8(2)11-6-9-7-13(3)12-10(9)14-4/h7-8,11H,5-6H2,1-4H3. The molecule has 0 saturated carbocycles. The molecule has 0 fully saturated rings. The maximum Gasteiger partial charge on any atom is 0.237 e. The van der Waals surface area contributed by atoms with Crippen molar-refractivity contribution in [2.24, 2.45) is 7.05 Å². The fourth-order valence-electron chi connectivity index (χ4n) is 1.24. The van der Waals surface area contributed by atoms with Crippen LogP contribution in [0.1, 0.15) is 25.8 Å². The lowest BCUT2D eigenvalue weighted by Crippen LogP contribution is -2.24. The summed E-state index contributed by atoms with van der Waals surface area (Å²) in [6, 6.07) is 0.528. The summed E-state index contributed by atoms with van der Waals surface area (Å²) in [5, 5.41) is 7.59. The molecule has 1 aromatic rings. The Hall–Kier alpha value is -1.03. The lowest BCUT2D eigenvalue weighted by molar-refractivity contribution is 0.385. The molecule has 4 heteroatoms. The van der Waals surface area contributed by atoms with Gasteiger partial charge in [-0.15, -0.1) is 5.10 Å². The van der Waals surface area contributed by atoms with Crippen LogP contribution >= 0.6 is 0 Å². The Kier molecular flexibility index (Phi) is 3.95. The average molecular weight is 197 g/mol. The van der Waals surface area contributed by atoms with E-state index in [4.69, 9.17) is 4.74 Å². The molecule has 1 unspecified atom stereocenters. The van der Waals surface area contributed by atoms with Gasteiger partial charge in [-0.1, -0.05) is 6.92 Å². The van der Waals surface area contributed by atoms with Crippen molar-refractivity contribution in [3.05, 3.63) is 11.8 Å². The van der Waals surface area contributed by atoms with Crippen molar-refractivity contribution in [2.45, 2.75) is 32.9 Å². The number of rotatable bonds is 5. The first-order chi connectivity index (χ1) is 6.67. The molecule has 80 valence electrons. The molecule has 0 aliphatic carbocycles. The second-order valence-corrected chi connectivity index (χ2v) is 3.53. The van der Waals surface area contributed by atoms with Gasteiger partial charge in [0, 0.05) is 31.4 Å². The minimum absolute atomic E-state index is 0.528. The molecule has 1 heterocycles. The molecule has 14 heavy (non-hydrogen) atoms. The van der Waals surface area contributed by atoms with Crippen LogP contribution in [0.15, 0.2) is 6.20 Å². The molecule has 0 radical (unpaired) electrons. The molecule has 0 spiro atoms. The highest BCUT2D eigenvalue weighted by molar-refractivity contribution is 5.22. The number of hydrogen-bond acceptors (Lipinski definition) is 3. The highest BCUT2D eigenvalue weighted by Crippen LogP contribution is 2.14. The minimum atomic E-state index is 0.528. The van der Waals surface area contributed by atoms with Crippen LogP contribution in [0.5, 0.6) is 5.88 Å². The number of nitrogens with one attached hydrogen (secondary N) is 1. The largest absolute Gasteiger partial charge is 0.480 e. The van der Waals surface area contributed by atoms with Gasteiger partial charge in [0.15, 0.2) is 0 Å². The van der Waals surface area contributed by atoms with Crippen LogP contribution in [-0.4, -0.2) is 22.9 Å². The Labute approximate surface area is 85.3 Å². The van der Waals surface area contributed by atoms with E-state index in [9.17, 15) is 0 Å². The van der Waals surface area contributed by atoms with Gasteiger partial charge in [-0.05, 0) is 13.3 Å². The van der Waals surface area contributed by atoms with E-state index in [-0.39, 0.29) is 0 Å². The highest BCUT2D eigenvalue weighted by atomic mass is 16.5. The molecular formula is C10H19N3O. The first-order valence-electron chi connectivity index (χ1n) is 4.97. The topological polar surface area (TPSA) is 39.1 Å². The predicted octanol–water partition coefficient (Wildman–Crippen LogP) is 1.32. The van der Waals surface area contributed by atoms with E-state index in [1.165, 1.54) is 0 Å². The molecule has 1 atom stereocenters. The van der Waals surface area contributed by atoms with Crippen molar-refractivity contribution < 1.29 is 4.74 Å². The van der Waals surface area contributed by atoms with E-state index in [1.807, 2.05) is 13.2 Å². The molecule has 0 saturated heterocycles. The normalized spacial score (nSPS) is 12.9. The van der Waals surface area contributed by atoms with Crippen molar-refractivity contribution >= 4 is 0 Å². The zero-order valence-corrected chi connectivity index (χ0v) is 9.37. The van der Waals surface area contributed by atoms with Crippen LogP contribution in [0.3, 0.4) is 0 Å². The Morgan fingerprint density at radius 2 is 2.36 bits per heavy atom. The van der Waals surface area contributed by atoms with Gasteiger partial charge in [0.2, 0.25) is 5.88 Å². The molecule has 0 bridgehead atoms. The highest BCUT2D eigenvalue weighted by Gasteiger charge is 2.08. The molecule has 1 aromatic heterocycles. The molecule has 4 nitrogen and oxygen atoms in total. The van der Waals surface area contributed by atoms with Crippen LogP contribution < -0.4 is 10.1 Å². The maximum atomic E-state index is 5.16. The molecule has 0 aliphatic heterocycles. The fraction of sp³-hybridized carbons (Fsp3) is 0.700. The smallest absolute Gasteiger partial charge is 0.237 e. The second kappa shape index (κ2) is 5.00.